The molecule has 0 aromatic heterocycles. The van der Waals surface area contributed by atoms with E-state index in [1.54, 1.807) is 11.8 Å². The second-order valence-electron chi connectivity index (χ2n) is 5.71. The largest absolute Gasteiger partial charge is 0.463 e. The summed E-state index contributed by atoms with van der Waals surface area (Å²) in [7, 11) is 0. The molecule has 1 amide bonds. The van der Waals surface area contributed by atoms with Crippen LogP contribution in [0.4, 0.5) is 5.69 Å². The molecule has 0 fully saturated rings. The summed E-state index contributed by atoms with van der Waals surface area (Å²) in [4.78, 5) is 26.4. The van der Waals surface area contributed by atoms with E-state index in [9.17, 15) is 9.59 Å². The van der Waals surface area contributed by atoms with Crippen LogP contribution in [0.1, 0.15) is 23.6 Å². The Balaban J connectivity index is 2.01. The van der Waals surface area contributed by atoms with Gasteiger partial charge in [0.1, 0.15) is 0 Å². The van der Waals surface area contributed by atoms with Crippen LogP contribution >= 0.6 is 0 Å². The minimum absolute atomic E-state index is 0.174. The topological polar surface area (TPSA) is 46.6 Å². The SMILES string of the molecule is CCOC(=O)/C=C1/C(=O)N(Cc2ccccc2)c2ccc(C)cc21. The van der Waals surface area contributed by atoms with E-state index in [0.717, 1.165) is 22.4 Å². The zero-order chi connectivity index (χ0) is 17.1. The number of ether oxygens (including phenoxy) is 1. The Hall–Kier alpha value is -2.88. The van der Waals surface area contributed by atoms with Gasteiger partial charge in [-0.2, -0.15) is 0 Å². The second kappa shape index (κ2) is 6.71. The molecule has 0 atom stereocenters. The molecule has 0 unspecified atom stereocenters. The van der Waals surface area contributed by atoms with Gasteiger partial charge in [-0.25, -0.2) is 4.79 Å². The van der Waals surface area contributed by atoms with E-state index in [-0.39, 0.29) is 12.5 Å². The van der Waals surface area contributed by atoms with Crippen LogP contribution in [0.5, 0.6) is 0 Å². The third kappa shape index (κ3) is 3.08. The van der Waals surface area contributed by atoms with Crippen molar-refractivity contribution >= 4 is 23.1 Å². The van der Waals surface area contributed by atoms with Gasteiger partial charge >= 0.3 is 5.97 Å². The zero-order valence-electron chi connectivity index (χ0n) is 13.8. The highest BCUT2D eigenvalue weighted by atomic mass is 16.5. The Morgan fingerprint density at radius 1 is 1.17 bits per heavy atom. The number of benzene rings is 2. The molecule has 0 saturated carbocycles. The zero-order valence-corrected chi connectivity index (χ0v) is 13.8. The second-order valence-corrected chi connectivity index (χ2v) is 5.71. The van der Waals surface area contributed by atoms with E-state index in [4.69, 9.17) is 4.74 Å². The minimum atomic E-state index is -0.491. The lowest BCUT2D eigenvalue weighted by molar-refractivity contribution is -0.137. The maximum atomic E-state index is 12.9. The summed E-state index contributed by atoms with van der Waals surface area (Å²) in [6, 6.07) is 15.6. The number of rotatable bonds is 4. The van der Waals surface area contributed by atoms with Crippen LogP contribution in [0.2, 0.25) is 0 Å². The highest BCUT2D eigenvalue weighted by Crippen LogP contribution is 2.38. The maximum absolute atomic E-state index is 12.9. The smallest absolute Gasteiger partial charge is 0.331 e. The van der Waals surface area contributed by atoms with Crippen molar-refractivity contribution in [2.75, 3.05) is 11.5 Å². The van der Waals surface area contributed by atoms with Crippen LogP contribution < -0.4 is 4.90 Å². The van der Waals surface area contributed by atoms with Crippen molar-refractivity contribution in [1.29, 1.82) is 0 Å². The van der Waals surface area contributed by atoms with Gasteiger partial charge in [-0.1, -0.05) is 42.0 Å². The van der Waals surface area contributed by atoms with Gasteiger partial charge in [-0.05, 0) is 31.5 Å². The van der Waals surface area contributed by atoms with E-state index in [1.165, 1.54) is 6.08 Å². The van der Waals surface area contributed by atoms with Gasteiger partial charge in [0.2, 0.25) is 0 Å². The minimum Gasteiger partial charge on any atom is -0.463 e. The molecule has 0 saturated heterocycles. The lowest BCUT2D eigenvalue weighted by Crippen LogP contribution is -2.25. The number of esters is 1. The average Bonchev–Trinajstić information content (AvgIpc) is 2.81. The monoisotopic (exact) mass is 321 g/mol. The van der Waals surface area contributed by atoms with Crippen LogP contribution in [0.3, 0.4) is 0 Å². The fourth-order valence-electron chi connectivity index (χ4n) is 2.84. The molecular formula is C20H19NO3. The summed E-state index contributed by atoms with van der Waals surface area (Å²) in [5.74, 6) is -0.664. The van der Waals surface area contributed by atoms with E-state index in [1.807, 2.05) is 55.5 Å². The molecule has 1 heterocycles. The third-order valence-electron chi connectivity index (χ3n) is 3.94. The maximum Gasteiger partial charge on any atom is 0.331 e. The first-order valence-electron chi connectivity index (χ1n) is 7.95. The van der Waals surface area contributed by atoms with Crippen molar-refractivity contribution in [2.24, 2.45) is 0 Å². The average molecular weight is 321 g/mol. The predicted molar refractivity (Wildman–Crippen MR) is 93.4 cm³/mol. The van der Waals surface area contributed by atoms with E-state index >= 15 is 0 Å². The summed E-state index contributed by atoms with van der Waals surface area (Å²) in [6.07, 6.45) is 1.30. The first kappa shape index (κ1) is 16.0. The van der Waals surface area contributed by atoms with Crippen LogP contribution in [0.25, 0.3) is 5.57 Å². The number of carbonyl (C=O) groups excluding carboxylic acids is 2. The first-order valence-corrected chi connectivity index (χ1v) is 7.95. The molecule has 0 spiro atoms. The van der Waals surface area contributed by atoms with E-state index in [0.29, 0.717) is 12.1 Å². The fraction of sp³-hybridized carbons (Fsp3) is 0.200. The van der Waals surface area contributed by atoms with Gasteiger partial charge in [-0.3, -0.25) is 4.79 Å². The molecule has 24 heavy (non-hydrogen) atoms. The van der Waals surface area contributed by atoms with Crippen molar-refractivity contribution in [1.82, 2.24) is 0 Å². The molecule has 4 nitrogen and oxygen atoms in total. The molecule has 0 N–H and O–H groups in total. The molecule has 0 bridgehead atoms. The Bertz CT molecular complexity index is 809. The molecule has 0 aliphatic carbocycles. The number of anilines is 1. The fourth-order valence-corrected chi connectivity index (χ4v) is 2.84. The van der Waals surface area contributed by atoms with Gasteiger partial charge in [0.15, 0.2) is 0 Å². The predicted octanol–water partition coefficient (Wildman–Crippen LogP) is 3.49. The van der Waals surface area contributed by atoms with Crippen molar-refractivity contribution in [3.05, 3.63) is 71.3 Å². The standard InChI is InChI=1S/C20H19NO3/c1-3-24-19(22)12-17-16-11-14(2)9-10-18(16)21(20(17)23)13-15-7-5-4-6-8-15/h4-12H,3,13H2,1-2H3/b17-12+. The Morgan fingerprint density at radius 2 is 1.92 bits per heavy atom. The molecule has 1 aliphatic rings. The highest BCUT2D eigenvalue weighted by molar-refractivity contribution is 6.34. The summed E-state index contributed by atoms with van der Waals surface area (Å²) < 4.78 is 4.96. The molecule has 0 radical (unpaired) electrons. The van der Waals surface area contributed by atoms with Gasteiger partial charge in [0.05, 0.1) is 24.4 Å². The van der Waals surface area contributed by atoms with Crippen molar-refractivity contribution in [2.45, 2.75) is 20.4 Å². The van der Waals surface area contributed by atoms with Gasteiger partial charge in [0, 0.05) is 11.6 Å². The van der Waals surface area contributed by atoms with Gasteiger partial charge in [-0.15, -0.1) is 0 Å². The number of hydrogen-bond donors (Lipinski definition) is 0. The Kier molecular flexibility index (Phi) is 4.47. The van der Waals surface area contributed by atoms with Crippen LogP contribution in [0.15, 0.2) is 54.6 Å². The first-order chi connectivity index (χ1) is 11.6. The molecular weight excluding hydrogens is 302 g/mol. The normalized spacial score (nSPS) is 14.8. The lowest BCUT2D eigenvalue weighted by atomic mass is 10.0. The quantitative estimate of drug-likeness (QED) is 0.640. The molecule has 2 aromatic rings. The number of fused-ring (bicyclic) bond motifs is 1. The summed E-state index contributed by atoms with van der Waals surface area (Å²) >= 11 is 0. The molecule has 2 aromatic carbocycles. The number of amides is 1. The Morgan fingerprint density at radius 3 is 2.62 bits per heavy atom. The lowest BCUT2D eigenvalue weighted by Gasteiger charge is -2.17. The molecule has 122 valence electrons. The highest BCUT2D eigenvalue weighted by Gasteiger charge is 2.33. The Labute approximate surface area is 141 Å². The number of carbonyl (C=O) groups is 2. The van der Waals surface area contributed by atoms with E-state index in [2.05, 4.69) is 0 Å². The summed E-state index contributed by atoms with van der Waals surface area (Å²) in [5.41, 5.74) is 4.07. The van der Waals surface area contributed by atoms with Crippen LogP contribution in [-0.4, -0.2) is 18.5 Å². The van der Waals surface area contributed by atoms with Crippen LogP contribution in [-0.2, 0) is 20.9 Å². The third-order valence-corrected chi connectivity index (χ3v) is 3.94. The molecule has 3 rings (SSSR count). The molecule has 4 heteroatoms. The summed E-state index contributed by atoms with van der Waals surface area (Å²) in [6.45, 7) is 4.46. The van der Waals surface area contributed by atoms with Crippen molar-refractivity contribution in [3.8, 4) is 0 Å². The molecule has 1 aliphatic heterocycles. The van der Waals surface area contributed by atoms with Crippen molar-refractivity contribution < 1.29 is 14.3 Å². The van der Waals surface area contributed by atoms with E-state index < -0.39 is 5.97 Å². The van der Waals surface area contributed by atoms with Gasteiger partial charge < -0.3 is 9.64 Å². The summed E-state index contributed by atoms with van der Waals surface area (Å²) in [5, 5.41) is 0. The number of nitrogens with zero attached hydrogens (tertiary/aromatic N) is 1. The number of aryl methyl sites for hydroxylation is 1. The van der Waals surface area contributed by atoms with Gasteiger partial charge in [0.25, 0.3) is 5.91 Å². The van der Waals surface area contributed by atoms with Crippen LogP contribution in [0, 0.1) is 6.92 Å². The van der Waals surface area contributed by atoms with Crippen molar-refractivity contribution in [3.63, 3.8) is 0 Å². The number of hydrogen-bond acceptors (Lipinski definition) is 3.